The SMILES string of the molecule is CCCn1cc(CNCCCCCCSC)cn1. The van der Waals surface area contributed by atoms with Crippen molar-refractivity contribution < 1.29 is 0 Å². The van der Waals surface area contributed by atoms with Crippen LogP contribution in [0.4, 0.5) is 0 Å². The molecule has 0 unspecified atom stereocenters. The molecular formula is C14H27N3S. The van der Waals surface area contributed by atoms with Crippen LogP contribution in [0.25, 0.3) is 0 Å². The Labute approximate surface area is 116 Å². The van der Waals surface area contributed by atoms with Gasteiger partial charge in [-0.15, -0.1) is 0 Å². The van der Waals surface area contributed by atoms with Crippen molar-refractivity contribution in [2.45, 2.75) is 52.1 Å². The van der Waals surface area contributed by atoms with Crippen LogP contribution in [0.3, 0.4) is 0 Å². The summed E-state index contributed by atoms with van der Waals surface area (Å²) in [4.78, 5) is 0. The Kier molecular flexibility index (Phi) is 9.04. The molecule has 1 N–H and O–H groups in total. The van der Waals surface area contributed by atoms with Gasteiger partial charge in [-0.1, -0.05) is 19.8 Å². The van der Waals surface area contributed by atoms with E-state index >= 15 is 0 Å². The highest BCUT2D eigenvalue weighted by Crippen LogP contribution is 2.04. The molecule has 0 atom stereocenters. The first-order valence-electron chi connectivity index (χ1n) is 7.07. The number of hydrogen-bond acceptors (Lipinski definition) is 3. The Morgan fingerprint density at radius 3 is 2.89 bits per heavy atom. The average molecular weight is 269 g/mol. The molecule has 0 aliphatic carbocycles. The van der Waals surface area contributed by atoms with Gasteiger partial charge in [0.2, 0.25) is 0 Å². The number of thioether (sulfide) groups is 1. The number of aryl methyl sites for hydroxylation is 1. The van der Waals surface area contributed by atoms with E-state index in [0.29, 0.717) is 0 Å². The highest BCUT2D eigenvalue weighted by molar-refractivity contribution is 7.98. The second-order valence-electron chi connectivity index (χ2n) is 4.70. The molecule has 0 amide bonds. The van der Waals surface area contributed by atoms with Crippen molar-refractivity contribution in [1.29, 1.82) is 0 Å². The van der Waals surface area contributed by atoms with E-state index < -0.39 is 0 Å². The molecule has 4 heteroatoms. The highest BCUT2D eigenvalue weighted by atomic mass is 32.2. The summed E-state index contributed by atoms with van der Waals surface area (Å²) in [5.74, 6) is 1.31. The fourth-order valence-corrected chi connectivity index (χ4v) is 2.42. The number of nitrogens with zero attached hydrogens (tertiary/aromatic N) is 2. The lowest BCUT2D eigenvalue weighted by Crippen LogP contribution is -2.14. The summed E-state index contributed by atoms with van der Waals surface area (Å²) in [6.07, 6.45) is 12.8. The topological polar surface area (TPSA) is 29.9 Å². The molecule has 1 aromatic heterocycles. The maximum Gasteiger partial charge on any atom is 0.0534 e. The van der Waals surface area contributed by atoms with E-state index in [1.54, 1.807) is 0 Å². The van der Waals surface area contributed by atoms with Gasteiger partial charge in [-0.25, -0.2) is 0 Å². The molecule has 1 heterocycles. The normalized spacial score (nSPS) is 11.0. The molecule has 0 bridgehead atoms. The number of aromatic nitrogens is 2. The summed E-state index contributed by atoms with van der Waals surface area (Å²) in [6, 6.07) is 0. The van der Waals surface area contributed by atoms with Crippen LogP contribution in [0.2, 0.25) is 0 Å². The summed E-state index contributed by atoms with van der Waals surface area (Å²) >= 11 is 1.95. The Morgan fingerprint density at radius 2 is 2.11 bits per heavy atom. The molecule has 0 aromatic carbocycles. The van der Waals surface area contributed by atoms with Gasteiger partial charge in [0.15, 0.2) is 0 Å². The van der Waals surface area contributed by atoms with Crippen LogP contribution >= 0.6 is 11.8 Å². The van der Waals surface area contributed by atoms with Crippen LogP contribution in [0, 0.1) is 0 Å². The highest BCUT2D eigenvalue weighted by Gasteiger charge is 1.97. The largest absolute Gasteiger partial charge is 0.313 e. The van der Waals surface area contributed by atoms with E-state index in [-0.39, 0.29) is 0 Å². The van der Waals surface area contributed by atoms with Gasteiger partial charge >= 0.3 is 0 Å². The third-order valence-electron chi connectivity index (χ3n) is 2.92. The van der Waals surface area contributed by atoms with Gasteiger partial charge in [-0.05, 0) is 37.8 Å². The lowest BCUT2D eigenvalue weighted by atomic mass is 10.2. The molecule has 0 fully saturated rings. The standard InChI is InChI=1S/C14H27N3S/c1-3-9-17-13-14(12-16-17)11-15-8-6-4-5-7-10-18-2/h12-13,15H,3-11H2,1-2H3. The molecule has 1 rings (SSSR count). The summed E-state index contributed by atoms with van der Waals surface area (Å²) in [6.45, 7) is 5.28. The van der Waals surface area contributed by atoms with E-state index in [1.165, 1.54) is 37.0 Å². The van der Waals surface area contributed by atoms with Gasteiger partial charge in [0.25, 0.3) is 0 Å². The van der Waals surface area contributed by atoms with E-state index in [9.17, 15) is 0 Å². The van der Waals surface area contributed by atoms with Gasteiger partial charge in [-0.3, -0.25) is 4.68 Å². The van der Waals surface area contributed by atoms with Crippen molar-refractivity contribution in [3.05, 3.63) is 18.0 Å². The number of nitrogens with one attached hydrogen (secondary N) is 1. The maximum atomic E-state index is 4.33. The van der Waals surface area contributed by atoms with E-state index in [1.807, 2.05) is 22.6 Å². The molecule has 0 radical (unpaired) electrons. The summed E-state index contributed by atoms with van der Waals surface area (Å²) in [7, 11) is 0. The molecule has 3 nitrogen and oxygen atoms in total. The molecule has 104 valence electrons. The van der Waals surface area contributed by atoms with Crippen molar-refractivity contribution >= 4 is 11.8 Å². The lowest BCUT2D eigenvalue weighted by molar-refractivity contribution is 0.593. The van der Waals surface area contributed by atoms with E-state index in [2.05, 4.69) is 29.8 Å². The van der Waals surface area contributed by atoms with Crippen LogP contribution < -0.4 is 5.32 Å². The van der Waals surface area contributed by atoms with Crippen molar-refractivity contribution in [1.82, 2.24) is 15.1 Å². The molecular weight excluding hydrogens is 242 g/mol. The first-order valence-corrected chi connectivity index (χ1v) is 8.47. The quantitative estimate of drug-likeness (QED) is 0.625. The fraction of sp³-hybridized carbons (Fsp3) is 0.786. The molecule has 1 aromatic rings. The fourth-order valence-electron chi connectivity index (χ4n) is 1.93. The van der Waals surface area contributed by atoms with Crippen LogP contribution in [0.1, 0.15) is 44.6 Å². The molecule has 0 spiro atoms. The van der Waals surface area contributed by atoms with Gasteiger partial charge < -0.3 is 5.32 Å². The van der Waals surface area contributed by atoms with Crippen molar-refractivity contribution in [2.75, 3.05) is 18.6 Å². The minimum absolute atomic E-state index is 0.953. The second kappa shape index (κ2) is 10.4. The van der Waals surface area contributed by atoms with Crippen LogP contribution in [-0.2, 0) is 13.1 Å². The zero-order valence-electron chi connectivity index (χ0n) is 11.8. The molecule has 0 saturated heterocycles. The number of unbranched alkanes of at least 4 members (excludes halogenated alkanes) is 3. The Hall–Kier alpha value is -0.480. The zero-order valence-corrected chi connectivity index (χ0v) is 12.6. The Bertz CT molecular complexity index is 299. The lowest BCUT2D eigenvalue weighted by Gasteiger charge is -2.03. The molecule has 18 heavy (non-hydrogen) atoms. The molecule has 0 aliphatic heterocycles. The third-order valence-corrected chi connectivity index (χ3v) is 3.62. The maximum absolute atomic E-state index is 4.33. The number of rotatable bonds is 11. The predicted molar refractivity (Wildman–Crippen MR) is 81.1 cm³/mol. The van der Waals surface area contributed by atoms with E-state index in [0.717, 1.165) is 26.1 Å². The minimum atomic E-state index is 0.953. The predicted octanol–water partition coefficient (Wildman–Crippen LogP) is 3.31. The van der Waals surface area contributed by atoms with Gasteiger partial charge in [-0.2, -0.15) is 16.9 Å². The average Bonchev–Trinajstić information content (AvgIpc) is 2.81. The summed E-state index contributed by atoms with van der Waals surface area (Å²) in [5, 5.41) is 7.82. The van der Waals surface area contributed by atoms with Gasteiger partial charge in [0, 0.05) is 24.8 Å². The third kappa shape index (κ3) is 7.07. The monoisotopic (exact) mass is 269 g/mol. The van der Waals surface area contributed by atoms with Crippen molar-refractivity contribution in [3.63, 3.8) is 0 Å². The van der Waals surface area contributed by atoms with Crippen molar-refractivity contribution in [3.8, 4) is 0 Å². The first-order chi connectivity index (χ1) is 8.86. The van der Waals surface area contributed by atoms with Gasteiger partial charge in [0.05, 0.1) is 6.20 Å². The Balaban J connectivity index is 1.96. The smallest absolute Gasteiger partial charge is 0.0534 e. The van der Waals surface area contributed by atoms with E-state index in [4.69, 9.17) is 0 Å². The Morgan fingerprint density at radius 1 is 1.28 bits per heavy atom. The zero-order chi connectivity index (χ0) is 13.1. The number of hydrogen-bond donors (Lipinski definition) is 1. The van der Waals surface area contributed by atoms with Crippen LogP contribution in [0.5, 0.6) is 0 Å². The molecule has 0 aliphatic rings. The molecule has 0 saturated carbocycles. The summed E-state index contributed by atoms with van der Waals surface area (Å²) < 4.78 is 2.03. The van der Waals surface area contributed by atoms with Crippen molar-refractivity contribution in [2.24, 2.45) is 0 Å². The minimum Gasteiger partial charge on any atom is -0.313 e. The first kappa shape index (κ1) is 15.6. The van der Waals surface area contributed by atoms with Crippen LogP contribution in [-0.4, -0.2) is 28.3 Å². The van der Waals surface area contributed by atoms with Gasteiger partial charge in [0.1, 0.15) is 0 Å². The second-order valence-corrected chi connectivity index (χ2v) is 5.68. The summed E-state index contributed by atoms with van der Waals surface area (Å²) in [5.41, 5.74) is 1.30. The van der Waals surface area contributed by atoms with Crippen LogP contribution in [0.15, 0.2) is 12.4 Å².